The molecule has 0 aliphatic heterocycles. The summed E-state index contributed by atoms with van der Waals surface area (Å²) in [6.07, 6.45) is 2.23. The lowest BCUT2D eigenvalue weighted by Gasteiger charge is -2.09. The van der Waals surface area contributed by atoms with Gasteiger partial charge in [0.2, 0.25) is 0 Å². The molecule has 0 saturated carbocycles. The van der Waals surface area contributed by atoms with E-state index in [-0.39, 0.29) is 18.1 Å². The average Bonchev–Trinajstić information content (AvgIpc) is 3.03. The van der Waals surface area contributed by atoms with Crippen molar-refractivity contribution in [2.45, 2.75) is 24.7 Å². The van der Waals surface area contributed by atoms with Crippen LogP contribution in [0.3, 0.4) is 0 Å². The van der Waals surface area contributed by atoms with Crippen LogP contribution in [-0.4, -0.2) is 147 Å². The molecule has 0 aliphatic carbocycles. The minimum atomic E-state index is -3.75. The maximum atomic E-state index is 12.0. The molecule has 0 bridgehead atoms. The third kappa shape index (κ3) is 27.1. The molecule has 14 heteroatoms. The van der Waals surface area contributed by atoms with Crippen molar-refractivity contribution in [3.63, 3.8) is 0 Å². The summed E-state index contributed by atoms with van der Waals surface area (Å²) in [6, 6.07) is 7.98. The normalized spacial score (nSPS) is 11.8. The van der Waals surface area contributed by atoms with Crippen LogP contribution >= 0.6 is 0 Å². The fraction of sp³-hybridized carbons (Fsp3) is 0.800. The second-order valence-electron chi connectivity index (χ2n) is 9.07. The Balaban J connectivity index is 1.67. The molecule has 1 aromatic carbocycles. The summed E-state index contributed by atoms with van der Waals surface area (Å²) < 4.78 is 83.1. The number of ether oxygens (including phenoxy) is 10. The predicted molar refractivity (Wildman–Crippen MR) is 163 cm³/mol. The first-order valence-electron chi connectivity index (χ1n) is 15.4. The van der Waals surface area contributed by atoms with Crippen LogP contribution in [0.15, 0.2) is 35.2 Å². The Labute approximate surface area is 263 Å². The smallest absolute Gasteiger partial charge is 0.297 e. The van der Waals surface area contributed by atoms with E-state index in [9.17, 15) is 8.42 Å². The van der Waals surface area contributed by atoms with E-state index in [4.69, 9.17) is 51.6 Å². The Kier molecular flexibility index (Phi) is 29.4. The lowest BCUT2D eigenvalue weighted by molar-refractivity contribution is -0.0267. The number of unbranched alkanes of at least 4 members (excludes halogenated alkanes) is 1. The van der Waals surface area contributed by atoms with Crippen molar-refractivity contribution in [3.8, 4) is 0 Å². The van der Waals surface area contributed by atoms with E-state index in [1.807, 2.05) is 0 Å². The molecule has 0 aliphatic rings. The van der Waals surface area contributed by atoms with Crippen molar-refractivity contribution in [1.29, 1.82) is 0 Å². The lowest BCUT2D eigenvalue weighted by Crippen LogP contribution is -2.15. The van der Waals surface area contributed by atoms with Crippen molar-refractivity contribution in [3.05, 3.63) is 30.3 Å². The number of hydrogen-bond donors (Lipinski definition) is 0. The summed E-state index contributed by atoms with van der Waals surface area (Å²) in [6.45, 7) is 11.9. The largest absolute Gasteiger partial charge is 0.379 e. The summed E-state index contributed by atoms with van der Waals surface area (Å²) in [4.78, 5) is 0.122. The molecule has 258 valence electrons. The Morgan fingerprint density at radius 1 is 0.409 bits per heavy atom. The van der Waals surface area contributed by atoms with E-state index in [0.717, 1.165) is 19.4 Å². The molecule has 0 unspecified atom stereocenters. The molecule has 0 fully saturated rings. The molecule has 1 rings (SSSR count). The van der Waals surface area contributed by atoms with Gasteiger partial charge in [0.05, 0.1) is 137 Å². The van der Waals surface area contributed by atoms with Crippen LogP contribution < -0.4 is 0 Å². The predicted octanol–water partition coefficient (Wildman–Crippen LogP) is 2.36. The lowest BCUT2D eigenvalue weighted by atomic mass is 10.4. The third-order valence-electron chi connectivity index (χ3n) is 5.49. The molecule has 0 amide bonds. The molecule has 44 heavy (non-hydrogen) atoms. The van der Waals surface area contributed by atoms with E-state index in [1.54, 1.807) is 18.2 Å². The van der Waals surface area contributed by atoms with Crippen LogP contribution in [0.5, 0.6) is 0 Å². The van der Waals surface area contributed by atoms with Crippen LogP contribution in [0.1, 0.15) is 19.8 Å². The SMILES string of the molecule is CCCCOCCOCCOCCOCCOCCOCCOCCOCCOCCOCCOS(=O)(=O)c1ccccc1. The van der Waals surface area contributed by atoms with Gasteiger partial charge in [0.15, 0.2) is 0 Å². The van der Waals surface area contributed by atoms with Crippen LogP contribution in [0.25, 0.3) is 0 Å². The molecule has 0 aromatic heterocycles. The van der Waals surface area contributed by atoms with E-state index in [2.05, 4.69) is 6.92 Å². The van der Waals surface area contributed by atoms with Gasteiger partial charge in [0.25, 0.3) is 10.1 Å². The van der Waals surface area contributed by atoms with E-state index >= 15 is 0 Å². The highest BCUT2D eigenvalue weighted by Gasteiger charge is 2.13. The van der Waals surface area contributed by atoms with Gasteiger partial charge >= 0.3 is 0 Å². The second kappa shape index (κ2) is 31.7. The first-order valence-corrected chi connectivity index (χ1v) is 16.8. The Bertz CT molecular complexity index is 814. The fourth-order valence-corrected chi connectivity index (χ4v) is 4.10. The first-order chi connectivity index (χ1) is 21.7. The zero-order valence-corrected chi connectivity index (χ0v) is 27.2. The topological polar surface area (TPSA) is 136 Å². The highest BCUT2D eigenvalue weighted by atomic mass is 32.2. The van der Waals surface area contributed by atoms with E-state index in [0.29, 0.717) is 119 Å². The summed E-state index contributed by atoms with van der Waals surface area (Å²) in [5.74, 6) is 0. The minimum Gasteiger partial charge on any atom is -0.379 e. The highest BCUT2D eigenvalue weighted by Crippen LogP contribution is 2.10. The van der Waals surface area contributed by atoms with E-state index < -0.39 is 10.1 Å². The highest BCUT2D eigenvalue weighted by molar-refractivity contribution is 7.86. The molecule has 0 radical (unpaired) electrons. The van der Waals surface area contributed by atoms with Gasteiger partial charge in [-0.05, 0) is 18.6 Å². The molecule has 0 spiro atoms. The van der Waals surface area contributed by atoms with Gasteiger partial charge in [-0.15, -0.1) is 0 Å². The zero-order chi connectivity index (χ0) is 31.7. The molecular weight excluding hydrogens is 600 g/mol. The minimum absolute atomic E-state index is 0.0559. The van der Waals surface area contributed by atoms with Gasteiger partial charge in [-0.25, -0.2) is 0 Å². The van der Waals surface area contributed by atoms with Crippen LogP contribution in [0.2, 0.25) is 0 Å². The monoisotopic (exact) mass is 654 g/mol. The Morgan fingerprint density at radius 2 is 0.682 bits per heavy atom. The standard InChI is InChI=1S/C30H54O13S/c1-2-3-9-33-10-11-34-12-13-35-14-15-36-16-17-37-18-19-38-20-21-39-22-23-40-24-25-41-26-27-42-28-29-43-44(31,32)30-7-5-4-6-8-30/h4-8H,2-3,9-29H2,1H3. The molecular formula is C30H54O13S. The molecule has 0 heterocycles. The van der Waals surface area contributed by atoms with Crippen LogP contribution in [0.4, 0.5) is 0 Å². The van der Waals surface area contributed by atoms with Gasteiger partial charge in [-0.2, -0.15) is 8.42 Å². The fourth-order valence-electron chi connectivity index (χ4n) is 3.19. The zero-order valence-electron chi connectivity index (χ0n) is 26.4. The van der Waals surface area contributed by atoms with Crippen molar-refractivity contribution < 1.29 is 60.0 Å². The molecule has 1 aromatic rings. The Hall–Kier alpha value is -1.27. The number of rotatable bonds is 35. The third-order valence-corrected chi connectivity index (χ3v) is 6.81. The maximum absolute atomic E-state index is 12.0. The van der Waals surface area contributed by atoms with Crippen molar-refractivity contribution >= 4 is 10.1 Å². The molecule has 13 nitrogen and oxygen atoms in total. The van der Waals surface area contributed by atoms with Crippen LogP contribution in [-0.2, 0) is 61.7 Å². The van der Waals surface area contributed by atoms with Crippen molar-refractivity contribution in [1.82, 2.24) is 0 Å². The summed E-state index contributed by atoms with van der Waals surface area (Å²) in [5, 5.41) is 0. The van der Waals surface area contributed by atoms with Gasteiger partial charge in [0, 0.05) is 6.61 Å². The maximum Gasteiger partial charge on any atom is 0.297 e. The van der Waals surface area contributed by atoms with Gasteiger partial charge in [-0.3, -0.25) is 4.18 Å². The summed E-state index contributed by atoms with van der Waals surface area (Å²) in [7, 11) is -3.75. The summed E-state index contributed by atoms with van der Waals surface area (Å²) >= 11 is 0. The molecule has 0 atom stereocenters. The molecule has 0 saturated heterocycles. The van der Waals surface area contributed by atoms with Crippen molar-refractivity contribution in [2.24, 2.45) is 0 Å². The van der Waals surface area contributed by atoms with Gasteiger partial charge < -0.3 is 47.4 Å². The van der Waals surface area contributed by atoms with Crippen LogP contribution in [0, 0.1) is 0 Å². The summed E-state index contributed by atoms with van der Waals surface area (Å²) in [5.41, 5.74) is 0. The number of benzene rings is 1. The van der Waals surface area contributed by atoms with Crippen molar-refractivity contribution in [2.75, 3.05) is 139 Å². The quantitative estimate of drug-likeness (QED) is 0.0784. The molecule has 0 N–H and O–H groups in total. The Morgan fingerprint density at radius 3 is 0.977 bits per heavy atom. The van der Waals surface area contributed by atoms with E-state index in [1.165, 1.54) is 12.1 Å². The second-order valence-corrected chi connectivity index (χ2v) is 10.7. The van der Waals surface area contributed by atoms with Gasteiger partial charge in [-0.1, -0.05) is 31.5 Å². The van der Waals surface area contributed by atoms with Gasteiger partial charge in [0.1, 0.15) is 0 Å². The number of hydrogen-bond acceptors (Lipinski definition) is 13. The average molecular weight is 655 g/mol. The first kappa shape index (κ1) is 40.8.